The van der Waals surface area contributed by atoms with Crippen LogP contribution in [0.2, 0.25) is 0 Å². The quantitative estimate of drug-likeness (QED) is 0.889. The van der Waals surface area contributed by atoms with Gasteiger partial charge in [0.2, 0.25) is 5.91 Å². The van der Waals surface area contributed by atoms with E-state index in [0.29, 0.717) is 30.8 Å². The van der Waals surface area contributed by atoms with Gasteiger partial charge >= 0.3 is 0 Å². The van der Waals surface area contributed by atoms with Gasteiger partial charge in [0.15, 0.2) is 6.10 Å². The van der Waals surface area contributed by atoms with Crippen LogP contribution in [0, 0.1) is 17.2 Å². The molecule has 23 heavy (non-hydrogen) atoms. The number of nitrogens with two attached hydrogens (primary N) is 1. The summed E-state index contributed by atoms with van der Waals surface area (Å²) in [6.45, 7) is 2.89. The molecule has 122 valence electrons. The van der Waals surface area contributed by atoms with Crippen molar-refractivity contribution in [3.63, 3.8) is 0 Å². The van der Waals surface area contributed by atoms with Crippen LogP contribution < -0.4 is 10.5 Å². The Balaban J connectivity index is 1.91. The predicted molar refractivity (Wildman–Crippen MR) is 84.4 cm³/mol. The summed E-state index contributed by atoms with van der Waals surface area (Å²) in [5, 5.41) is 9.06. The fourth-order valence-corrected chi connectivity index (χ4v) is 2.80. The molecule has 2 amide bonds. The molecular formula is C17H21N3O3. The molecule has 6 nitrogen and oxygen atoms in total. The van der Waals surface area contributed by atoms with Crippen LogP contribution in [0.25, 0.3) is 0 Å². The highest BCUT2D eigenvalue weighted by Crippen LogP contribution is 2.22. The summed E-state index contributed by atoms with van der Waals surface area (Å²) in [7, 11) is 0. The summed E-state index contributed by atoms with van der Waals surface area (Å²) >= 11 is 0. The molecule has 1 aromatic rings. The Bertz CT molecular complexity index is 616. The molecule has 1 aliphatic heterocycles. The van der Waals surface area contributed by atoms with Gasteiger partial charge in [-0.3, -0.25) is 9.59 Å². The van der Waals surface area contributed by atoms with Crippen LogP contribution >= 0.6 is 0 Å². The van der Waals surface area contributed by atoms with Crippen LogP contribution in [0.15, 0.2) is 24.3 Å². The average molecular weight is 315 g/mol. The number of primary amides is 1. The molecule has 1 aliphatic rings. The van der Waals surface area contributed by atoms with Gasteiger partial charge < -0.3 is 15.4 Å². The fourth-order valence-electron chi connectivity index (χ4n) is 2.80. The first-order valence-electron chi connectivity index (χ1n) is 7.74. The van der Waals surface area contributed by atoms with Crippen molar-refractivity contribution in [2.24, 2.45) is 11.7 Å². The van der Waals surface area contributed by atoms with Crippen molar-refractivity contribution in [2.45, 2.75) is 32.3 Å². The highest BCUT2D eigenvalue weighted by molar-refractivity contribution is 5.81. The van der Waals surface area contributed by atoms with E-state index in [9.17, 15) is 9.59 Å². The minimum absolute atomic E-state index is 0.102. The largest absolute Gasteiger partial charge is 0.480 e. The normalized spacial score (nSPS) is 16.4. The Morgan fingerprint density at radius 3 is 2.65 bits per heavy atom. The van der Waals surface area contributed by atoms with Gasteiger partial charge in [-0.25, -0.2) is 0 Å². The van der Waals surface area contributed by atoms with Gasteiger partial charge in [0.1, 0.15) is 11.8 Å². The van der Waals surface area contributed by atoms with Crippen molar-refractivity contribution in [3.05, 3.63) is 29.8 Å². The lowest BCUT2D eigenvalue weighted by Gasteiger charge is -2.33. The number of amides is 2. The number of hydrogen-bond donors (Lipinski definition) is 1. The van der Waals surface area contributed by atoms with E-state index in [0.717, 1.165) is 12.8 Å². The minimum atomic E-state index is -0.655. The summed E-state index contributed by atoms with van der Waals surface area (Å²) in [5.41, 5.74) is 5.62. The maximum atomic E-state index is 12.5. The second-order valence-electron chi connectivity index (χ2n) is 5.81. The third kappa shape index (κ3) is 4.46. The van der Waals surface area contributed by atoms with E-state index in [2.05, 4.69) is 0 Å². The molecule has 0 spiro atoms. The Labute approximate surface area is 135 Å². The van der Waals surface area contributed by atoms with Gasteiger partial charge in [-0.05, 0) is 37.8 Å². The SMILES string of the molecule is C[C@H](Oc1ccccc1C#N)C(=O)N1CCC(CC(N)=O)CC1. The van der Waals surface area contributed by atoms with Crippen LogP contribution in [0.4, 0.5) is 0 Å². The third-order valence-corrected chi connectivity index (χ3v) is 4.08. The van der Waals surface area contributed by atoms with Crippen molar-refractivity contribution < 1.29 is 14.3 Å². The number of nitrogens with zero attached hydrogens (tertiary/aromatic N) is 2. The highest BCUT2D eigenvalue weighted by atomic mass is 16.5. The van der Waals surface area contributed by atoms with Crippen molar-refractivity contribution in [1.29, 1.82) is 5.26 Å². The monoisotopic (exact) mass is 315 g/mol. The molecule has 1 saturated heterocycles. The van der Waals surface area contributed by atoms with Gasteiger partial charge in [0.25, 0.3) is 5.91 Å². The highest BCUT2D eigenvalue weighted by Gasteiger charge is 2.27. The average Bonchev–Trinajstić information content (AvgIpc) is 2.55. The maximum absolute atomic E-state index is 12.5. The maximum Gasteiger partial charge on any atom is 0.263 e. The zero-order valence-corrected chi connectivity index (χ0v) is 13.2. The van der Waals surface area contributed by atoms with E-state index in [1.165, 1.54) is 0 Å². The lowest BCUT2D eigenvalue weighted by molar-refractivity contribution is -0.139. The predicted octanol–water partition coefficient (Wildman–Crippen LogP) is 1.44. The first-order chi connectivity index (χ1) is 11.0. The van der Waals surface area contributed by atoms with Crippen molar-refractivity contribution >= 4 is 11.8 Å². The summed E-state index contributed by atoms with van der Waals surface area (Å²) in [6, 6.07) is 8.90. The van der Waals surface area contributed by atoms with Crippen molar-refractivity contribution in [2.75, 3.05) is 13.1 Å². The summed E-state index contributed by atoms with van der Waals surface area (Å²) in [4.78, 5) is 25.2. The van der Waals surface area contributed by atoms with Gasteiger partial charge in [0, 0.05) is 19.5 Å². The number of carbonyl (C=O) groups excluding carboxylic acids is 2. The molecule has 1 atom stereocenters. The van der Waals surface area contributed by atoms with Crippen LogP contribution in [0.5, 0.6) is 5.75 Å². The Kier molecular flexibility index (Phi) is 5.58. The van der Waals surface area contributed by atoms with Gasteiger partial charge in [-0.15, -0.1) is 0 Å². The van der Waals surface area contributed by atoms with E-state index in [-0.39, 0.29) is 17.7 Å². The minimum Gasteiger partial charge on any atom is -0.480 e. The molecule has 0 bridgehead atoms. The van der Waals surface area contributed by atoms with Gasteiger partial charge in [-0.1, -0.05) is 12.1 Å². The molecule has 1 fully saturated rings. The third-order valence-electron chi connectivity index (χ3n) is 4.08. The van der Waals surface area contributed by atoms with Crippen LogP contribution in [-0.4, -0.2) is 35.9 Å². The zero-order chi connectivity index (χ0) is 16.8. The van der Waals surface area contributed by atoms with Crippen molar-refractivity contribution in [1.82, 2.24) is 4.90 Å². The number of nitriles is 1. The number of benzene rings is 1. The molecule has 0 saturated carbocycles. The smallest absolute Gasteiger partial charge is 0.263 e. The van der Waals surface area contributed by atoms with Crippen LogP contribution in [-0.2, 0) is 9.59 Å². The number of hydrogen-bond acceptors (Lipinski definition) is 4. The molecule has 1 heterocycles. The molecule has 0 aromatic heterocycles. The lowest BCUT2D eigenvalue weighted by atomic mass is 9.93. The summed E-state index contributed by atoms with van der Waals surface area (Å²) in [6.07, 6.45) is 1.27. The number of piperidine rings is 1. The van der Waals surface area contributed by atoms with E-state index in [4.69, 9.17) is 15.7 Å². The van der Waals surface area contributed by atoms with Crippen LogP contribution in [0.1, 0.15) is 31.7 Å². The standard InChI is InChI=1S/C17H21N3O3/c1-12(23-15-5-3-2-4-14(15)11-18)17(22)20-8-6-13(7-9-20)10-16(19)21/h2-5,12-13H,6-10H2,1H3,(H2,19,21)/t12-/m0/s1. The van der Waals surface area contributed by atoms with Crippen LogP contribution in [0.3, 0.4) is 0 Å². The topological polar surface area (TPSA) is 96.4 Å². The van der Waals surface area contributed by atoms with Gasteiger partial charge in [0.05, 0.1) is 5.56 Å². The van der Waals surface area contributed by atoms with Gasteiger partial charge in [-0.2, -0.15) is 5.26 Å². The molecule has 1 aromatic carbocycles. The zero-order valence-electron chi connectivity index (χ0n) is 13.2. The number of carbonyl (C=O) groups is 2. The van der Waals surface area contributed by atoms with E-state index in [1.807, 2.05) is 6.07 Å². The number of likely N-dealkylation sites (tertiary alicyclic amines) is 1. The van der Waals surface area contributed by atoms with E-state index < -0.39 is 6.10 Å². The van der Waals surface area contributed by atoms with E-state index in [1.54, 1.807) is 36.1 Å². The Hall–Kier alpha value is -2.55. The molecular weight excluding hydrogens is 294 g/mol. The second-order valence-corrected chi connectivity index (χ2v) is 5.81. The molecule has 0 aliphatic carbocycles. The first kappa shape index (κ1) is 16.8. The lowest BCUT2D eigenvalue weighted by Crippen LogP contribution is -2.45. The number of ether oxygens (including phenoxy) is 1. The fraction of sp³-hybridized carbons (Fsp3) is 0.471. The molecule has 0 unspecified atom stereocenters. The molecule has 2 N–H and O–H groups in total. The molecule has 2 rings (SSSR count). The first-order valence-corrected chi connectivity index (χ1v) is 7.74. The summed E-state index contributed by atoms with van der Waals surface area (Å²) in [5.74, 6) is 0.279. The number of para-hydroxylation sites is 1. The second kappa shape index (κ2) is 7.63. The molecule has 0 radical (unpaired) electrons. The van der Waals surface area contributed by atoms with Crippen molar-refractivity contribution in [3.8, 4) is 11.8 Å². The Morgan fingerprint density at radius 2 is 2.04 bits per heavy atom. The Morgan fingerprint density at radius 1 is 1.39 bits per heavy atom. The summed E-state index contributed by atoms with van der Waals surface area (Å²) < 4.78 is 5.65. The van der Waals surface area contributed by atoms with E-state index >= 15 is 0 Å². The number of rotatable bonds is 5. The molecule has 6 heteroatoms.